The molecule has 2 aromatic heterocycles. The van der Waals surface area contributed by atoms with Crippen LogP contribution in [0, 0.1) is 0 Å². The Morgan fingerprint density at radius 2 is 1.83 bits per heavy atom. The molecule has 0 N–H and O–H groups in total. The second kappa shape index (κ2) is 8.83. The highest BCUT2D eigenvalue weighted by Crippen LogP contribution is 2.13. The van der Waals surface area contributed by atoms with Gasteiger partial charge in [-0.2, -0.15) is 0 Å². The quantitative estimate of drug-likeness (QED) is 0.543. The average Bonchev–Trinajstić information content (AvgIpc) is 3.16. The molecule has 0 aliphatic carbocycles. The molecular weight excluding hydrogens is 382 g/mol. The minimum absolute atomic E-state index is 0.0413. The number of nitrogens with zero attached hydrogens (tertiary/aromatic N) is 3. The lowest BCUT2D eigenvalue weighted by Gasteiger charge is -2.07. The second-order valence-electron chi connectivity index (χ2n) is 5.78. The number of esters is 2. The molecular formula is C19H17N3O7. The van der Waals surface area contributed by atoms with Gasteiger partial charge in [-0.25, -0.2) is 14.3 Å². The number of rotatable bonds is 7. The summed E-state index contributed by atoms with van der Waals surface area (Å²) in [5.41, 5.74) is -0.0253. The standard InChI is InChI=1S/C19H17N3O7/c1-26-18(24)16-17(19(25)27-2)22(21-20-16)9-13-8-14(23)15(11-28-13)29-10-12-6-4-3-5-7-12/h3-8,11H,9-10H2,1-2H3. The Kier molecular flexibility index (Phi) is 6.03. The van der Waals surface area contributed by atoms with Gasteiger partial charge in [0, 0.05) is 6.07 Å². The van der Waals surface area contributed by atoms with Crippen molar-refractivity contribution in [3.63, 3.8) is 0 Å². The van der Waals surface area contributed by atoms with Crippen LogP contribution in [0.15, 0.2) is 51.9 Å². The lowest BCUT2D eigenvalue weighted by Crippen LogP contribution is -2.17. The van der Waals surface area contributed by atoms with Crippen LogP contribution in [0.25, 0.3) is 0 Å². The first kappa shape index (κ1) is 19.8. The highest BCUT2D eigenvalue weighted by Gasteiger charge is 2.27. The van der Waals surface area contributed by atoms with Crippen molar-refractivity contribution in [3.05, 3.63) is 75.6 Å². The molecule has 0 fully saturated rings. The van der Waals surface area contributed by atoms with Gasteiger partial charge < -0.3 is 18.6 Å². The van der Waals surface area contributed by atoms with Crippen molar-refractivity contribution in [2.24, 2.45) is 0 Å². The van der Waals surface area contributed by atoms with Crippen molar-refractivity contribution >= 4 is 11.9 Å². The molecule has 0 aliphatic heterocycles. The van der Waals surface area contributed by atoms with Crippen LogP contribution < -0.4 is 10.2 Å². The van der Waals surface area contributed by atoms with Gasteiger partial charge in [0.05, 0.1) is 14.2 Å². The molecule has 0 unspecified atom stereocenters. The van der Waals surface area contributed by atoms with E-state index < -0.39 is 17.4 Å². The summed E-state index contributed by atoms with van der Waals surface area (Å²) in [6.45, 7) is 0.0750. The van der Waals surface area contributed by atoms with E-state index in [9.17, 15) is 14.4 Å². The topological polar surface area (TPSA) is 123 Å². The molecule has 0 saturated heterocycles. The summed E-state index contributed by atoms with van der Waals surface area (Å²) < 4.78 is 21.2. The summed E-state index contributed by atoms with van der Waals surface area (Å²) in [4.78, 5) is 36.1. The highest BCUT2D eigenvalue weighted by molar-refractivity contribution is 6.00. The molecule has 0 aliphatic rings. The van der Waals surface area contributed by atoms with Crippen LogP contribution in [-0.4, -0.2) is 41.2 Å². The normalized spacial score (nSPS) is 10.4. The Labute approximate surface area is 164 Å². The zero-order chi connectivity index (χ0) is 20.8. The van der Waals surface area contributed by atoms with E-state index in [4.69, 9.17) is 9.15 Å². The SMILES string of the molecule is COC(=O)c1nnn(Cc2cc(=O)c(OCc3ccccc3)co2)c1C(=O)OC. The maximum atomic E-state index is 12.3. The van der Waals surface area contributed by atoms with Crippen LogP contribution in [0.3, 0.4) is 0 Å². The Balaban J connectivity index is 1.80. The van der Waals surface area contributed by atoms with Gasteiger partial charge in [0.25, 0.3) is 0 Å². The van der Waals surface area contributed by atoms with Crippen LogP contribution in [0.4, 0.5) is 0 Å². The Hall–Kier alpha value is -3.95. The number of methoxy groups -OCH3 is 2. The number of carbonyl (C=O) groups excluding carboxylic acids is 2. The van der Waals surface area contributed by atoms with Crippen LogP contribution in [0.5, 0.6) is 5.75 Å². The van der Waals surface area contributed by atoms with E-state index in [2.05, 4.69) is 19.8 Å². The fraction of sp³-hybridized carbons (Fsp3) is 0.211. The van der Waals surface area contributed by atoms with Crippen molar-refractivity contribution in [3.8, 4) is 5.75 Å². The minimum atomic E-state index is -0.845. The average molecular weight is 399 g/mol. The molecule has 0 atom stereocenters. The van der Waals surface area contributed by atoms with Gasteiger partial charge in [-0.05, 0) is 5.56 Å². The molecule has 0 amide bonds. The van der Waals surface area contributed by atoms with E-state index >= 15 is 0 Å². The zero-order valence-electron chi connectivity index (χ0n) is 15.7. The van der Waals surface area contributed by atoms with Crippen LogP contribution >= 0.6 is 0 Å². The van der Waals surface area contributed by atoms with Crippen molar-refractivity contribution in [2.45, 2.75) is 13.2 Å². The summed E-state index contributed by atoms with van der Waals surface area (Å²) in [5, 5.41) is 7.40. The van der Waals surface area contributed by atoms with Crippen molar-refractivity contribution in [1.29, 1.82) is 0 Å². The molecule has 3 rings (SSSR count). The third-order valence-electron chi connectivity index (χ3n) is 3.89. The Morgan fingerprint density at radius 1 is 1.10 bits per heavy atom. The second-order valence-corrected chi connectivity index (χ2v) is 5.78. The molecule has 0 saturated carbocycles. The third-order valence-corrected chi connectivity index (χ3v) is 3.89. The summed E-state index contributed by atoms with van der Waals surface area (Å²) in [7, 11) is 2.30. The summed E-state index contributed by atoms with van der Waals surface area (Å²) in [5.74, 6) is -1.46. The lowest BCUT2D eigenvalue weighted by molar-refractivity contribution is 0.0543. The lowest BCUT2D eigenvalue weighted by atomic mass is 10.2. The van der Waals surface area contributed by atoms with E-state index in [-0.39, 0.29) is 36.0 Å². The van der Waals surface area contributed by atoms with Gasteiger partial charge >= 0.3 is 11.9 Å². The highest BCUT2D eigenvalue weighted by atomic mass is 16.5. The van der Waals surface area contributed by atoms with Crippen LogP contribution in [0.1, 0.15) is 32.3 Å². The number of aromatic nitrogens is 3. The molecule has 0 bridgehead atoms. The van der Waals surface area contributed by atoms with Crippen molar-refractivity contribution < 1.29 is 28.2 Å². The van der Waals surface area contributed by atoms with E-state index in [1.54, 1.807) is 0 Å². The van der Waals surface area contributed by atoms with Gasteiger partial charge in [0.15, 0.2) is 5.69 Å². The fourth-order valence-corrected chi connectivity index (χ4v) is 2.47. The maximum absolute atomic E-state index is 12.3. The Bertz CT molecular complexity index is 1070. The molecule has 2 heterocycles. The molecule has 29 heavy (non-hydrogen) atoms. The molecule has 1 aromatic carbocycles. The number of ether oxygens (including phenoxy) is 3. The maximum Gasteiger partial charge on any atom is 0.361 e. The van der Waals surface area contributed by atoms with Gasteiger partial charge in [0.2, 0.25) is 16.9 Å². The summed E-state index contributed by atoms with van der Waals surface area (Å²) in [6.07, 6.45) is 1.18. The van der Waals surface area contributed by atoms with Crippen LogP contribution in [0.2, 0.25) is 0 Å². The molecule has 3 aromatic rings. The predicted molar refractivity (Wildman–Crippen MR) is 97.6 cm³/mol. The first-order valence-electron chi connectivity index (χ1n) is 8.42. The zero-order valence-corrected chi connectivity index (χ0v) is 15.7. The van der Waals surface area contributed by atoms with Crippen LogP contribution in [-0.2, 0) is 22.6 Å². The van der Waals surface area contributed by atoms with Gasteiger partial charge in [-0.3, -0.25) is 4.79 Å². The largest absolute Gasteiger partial charge is 0.482 e. The molecule has 0 spiro atoms. The molecule has 0 radical (unpaired) electrons. The third kappa shape index (κ3) is 4.49. The monoisotopic (exact) mass is 399 g/mol. The van der Waals surface area contributed by atoms with E-state index in [1.165, 1.54) is 12.3 Å². The van der Waals surface area contributed by atoms with E-state index in [1.807, 2.05) is 30.3 Å². The molecule has 10 nitrogen and oxygen atoms in total. The Morgan fingerprint density at radius 3 is 2.48 bits per heavy atom. The van der Waals surface area contributed by atoms with Crippen molar-refractivity contribution in [2.75, 3.05) is 14.2 Å². The van der Waals surface area contributed by atoms with Gasteiger partial charge in [0.1, 0.15) is 25.2 Å². The fourth-order valence-electron chi connectivity index (χ4n) is 2.47. The molecule has 10 heteroatoms. The first-order valence-corrected chi connectivity index (χ1v) is 8.42. The van der Waals surface area contributed by atoms with Gasteiger partial charge in [-0.1, -0.05) is 35.5 Å². The van der Waals surface area contributed by atoms with Gasteiger partial charge in [-0.15, -0.1) is 5.10 Å². The number of benzene rings is 1. The van der Waals surface area contributed by atoms with Crippen molar-refractivity contribution in [1.82, 2.24) is 15.0 Å². The molecule has 150 valence electrons. The number of hydrogen-bond acceptors (Lipinski definition) is 9. The summed E-state index contributed by atoms with van der Waals surface area (Å²) >= 11 is 0. The van der Waals surface area contributed by atoms with E-state index in [0.29, 0.717) is 0 Å². The first-order chi connectivity index (χ1) is 14.0. The smallest absolute Gasteiger partial charge is 0.361 e. The number of hydrogen-bond donors (Lipinski definition) is 0. The summed E-state index contributed by atoms with van der Waals surface area (Å²) in [6, 6.07) is 10.6. The predicted octanol–water partition coefficient (Wildman–Crippen LogP) is 1.43. The van der Waals surface area contributed by atoms with E-state index in [0.717, 1.165) is 24.5 Å². The number of carbonyl (C=O) groups is 2. The minimum Gasteiger partial charge on any atom is -0.482 e.